The molecule has 0 heterocycles. The number of hydrogen-bond donors (Lipinski definition) is 0. The molecule has 0 aromatic rings. The van der Waals surface area contributed by atoms with Gasteiger partial charge >= 0.3 is 5.97 Å². The molecule has 0 spiro atoms. The lowest BCUT2D eigenvalue weighted by atomic mass is 10.0. The van der Waals surface area contributed by atoms with Crippen LogP contribution in [0.3, 0.4) is 0 Å². The molecule has 0 aromatic heterocycles. The lowest BCUT2D eigenvalue weighted by Crippen LogP contribution is -2.11. The second-order valence-electron chi connectivity index (χ2n) is 5.39. The molecule has 0 rings (SSSR count). The molecule has 2 nitrogen and oxygen atoms in total. The standard InChI is InChI=1S/C16H32O2/c1-4-5-6-7-8-9-10-11-12-13-14-15(2)18-16(3)17/h15H,4-14H2,1-3H3/t15-/m0/s1. The second-order valence-corrected chi connectivity index (χ2v) is 5.39. The van der Waals surface area contributed by atoms with Gasteiger partial charge in [-0.15, -0.1) is 0 Å². The van der Waals surface area contributed by atoms with E-state index in [1.54, 1.807) is 0 Å². The van der Waals surface area contributed by atoms with Gasteiger partial charge in [-0.25, -0.2) is 0 Å². The Kier molecular flexibility index (Phi) is 12.5. The summed E-state index contributed by atoms with van der Waals surface area (Å²) in [5, 5.41) is 0. The Labute approximate surface area is 113 Å². The van der Waals surface area contributed by atoms with E-state index in [9.17, 15) is 4.79 Å². The summed E-state index contributed by atoms with van der Waals surface area (Å²) in [7, 11) is 0. The molecule has 0 aliphatic rings. The third-order valence-corrected chi connectivity index (χ3v) is 3.33. The third kappa shape index (κ3) is 13.5. The van der Waals surface area contributed by atoms with Gasteiger partial charge in [0.2, 0.25) is 0 Å². The Bertz CT molecular complexity index is 190. The van der Waals surface area contributed by atoms with Crippen LogP contribution < -0.4 is 0 Å². The molecule has 0 N–H and O–H groups in total. The zero-order chi connectivity index (χ0) is 13.6. The molecular formula is C16H32O2. The van der Waals surface area contributed by atoms with Crippen LogP contribution in [0.15, 0.2) is 0 Å². The van der Waals surface area contributed by atoms with Gasteiger partial charge in [0.1, 0.15) is 0 Å². The summed E-state index contributed by atoms with van der Waals surface area (Å²) >= 11 is 0. The first-order valence-corrected chi connectivity index (χ1v) is 7.84. The molecule has 0 saturated carbocycles. The highest BCUT2D eigenvalue weighted by atomic mass is 16.5. The van der Waals surface area contributed by atoms with Gasteiger partial charge in [0.25, 0.3) is 0 Å². The number of hydrogen-bond acceptors (Lipinski definition) is 2. The van der Waals surface area contributed by atoms with Crippen LogP contribution in [0.4, 0.5) is 0 Å². The van der Waals surface area contributed by atoms with Gasteiger partial charge in [-0.3, -0.25) is 4.79 Å². The minimum Gasteiger partial charge on any atom is -0.463 e. The smallest absolute Gasteiger partial charge is 0.302 e. The molecule has 0 aliphatic carbocycles. The van der Waals surface area contributed by atoms with Gasteiger partial charge in [0, 0.05) is 6.92 Å². The van der Waals surface area contributed by atoms with Crippen LogP contribution in [0.2, 0.25) is 0 Å². The lowest BCUT2D eigenvalue weighted by Gasteiger charge is -2.11. The monoisotopic (exact) mass is 256 g/mol. The molecule has 0 radical (unpaired) electrons. The molecule has 0 aliphatic heterocycles. The Morgan fingerprint density at radius 1 is 0.889 bits per heavy atom. The lowest BCUT2D eigenvalue weighted by molar-refractivity contribution is -0.145. The number of carbonyl (C=O) groups excluding carboxylic acids is 1. The summed E-state index contributed by atoms with van der Waals surface area (Å²) in [6.07, 6.45) is 14.6. The third-order valence-electron chi connectivity index (χ3n) is 3.33. The van der Waals surface area contributed by atoms with E-state index >= 15 is 0 Å². The second kappa shape index (κ2) is 12.9. The average molecular weight is 256 g/mol. The van der Waals surface area contributed by atoms with E-state index in [-0.39, 0.29) is 12.1 Å². The van der Waals surface area contributed by atoms with Crippen LogP contribution in [-0.4, -0.2) is 12.1 Å². The number of esters is 1. The van der Waals surface area contributed by atoms with Gasteiger partial charge in [-0.05, 0) is 19.8 Å². The highest BCUT2D eigenvalue weighted by molar-refractivity contribution is 5.66. The molecule has 1 atom stereocenters. The van der Waals surface area contributed by atoms with Crippen molar-refractivity contribution in [3.63, 3.8) is 0 Å². The Morgan fingerprint density at radius 3 is 1.78 bits per heavy atom. The highest BCUT2D eigenvalue weighted by Crippen LogP contribution is 2.12. The van der Waals surface area contributed by atoms with Crippen LogP contribution in [0.5, 0.6) is 0 Å². The topological polar surface area (TPSA) is 26.3 Å². The van der Waals surface area contributed by atoms with Crippen molar-refractivity contribution in [2.75, 3.05) is 0 Å². The normalized spacial score (nSPS) is 12.4. The van der Waals surface area contributed by atoms with Crippen molar-refractivity contribution < 1.29 is 9.53 Å². The summed E-state index contributed by atoms with van der Waals surface area (Å²) in [6.45, 7) is 5.72. The zero-order valence-corrected chi connectivity index (χ0v) is 12.7. The Morgan fingerprint density at radius 2 is 1.33 bits per heavy atom. The number of rotatable bonds is 12. The molecule has 0 unspecified atom stereocenters. The van der Waals surface area contributed by atoms with E-state index in [0.717, 1.165) is 6.42 Å². The molecule has 108 valence electrons. The van der Waals surface area contributed by atoms with E-state index in [1.165, 1.54) is 71.1 Å². The highest BCUT2D eigenvalue weighted by Gasteiger charge is 2.04. The van der Waals surface area contributed by atoms with Crippen molar-refractivity contribution in [2.45, 2.75) is 97.5 Å². The molecular weight excluding hydrogens is 224 g/mol. The molecule has 0 amide bonds. The van der Waals surface area contributed by atoms with Crippen molar-refractivity contribution in [2.24, 2.45) is 0 Å². The first-order chi connectivity index (χ1) is 8.66. The van der Waals surface area contributed by atoms with Crippen molar-refractivity contribution in [1.29, 1.82) is 0 Å². The number of carbonyl (C=O) groups is 1. The van der Waals surface area contributed by atoms with Crippen LogP contribution in [0.1, 0.15) is 91.4 Å². The summed E-state index contributed by atoms with van der Waals surface area (Å²) in [5.74, 6) is -0.158. The number of ether oxygens (including phenoxy) is 1. The zero-order valence-electron chi connectivity index (χ0n) is 12.7. The minimum absolute atomic E-state index is 0.0940. The van der Waals surface area contributed by atoms with Gasteiger partial charge in [0.05, 0.1) is 6.10 Å². The molecule has 0 saturated heterocycles. The van der Waals surface area contributed by atoms with Crippen molar-refractivity contribution in [3.05, 3.63) is 0 Å². The maximum absolute atomic E-state index is 10.7. The Hall–Kier alpha value is -0.530. The summed E-state index contributed by atoms with van der Waals surface area (Å²) in [5.41, 5.74) is 0. The molecule has 18 heavy (non-hydrogen) atoms. The summed E-state index contributed by atoms with van der Waals surface area (Å²) in [4.78, 5) is 10.7. The van der Waals surface area contributed by atoms with E-state index < -0.39 is 0 Å². The van der Waals surface area contributed by atoms with E-state index in [1.807, 2.05) is 6.92 Å². The number of unbranched alkanes of at least 4 members (excludes halogenated alkanes) is 9. The van der Waals surface area contributed by atoms with Crippen molar-refractivity contribution in [1.82, 2.24) is 0 Å². The van der Waals surface area contributed by atoms with Crippen LogP contribution in [0, 0.1) is 0 Å². The largest absolute Gasteiger partial charge is 0.463 e. The molecule has 0 fully saturated rings. The van der Waals surface area contributed by atoms with Crippen LogP contribution >= 0.6 is 0 Å². The van der Waals surface area contributed by atoms with E-state index in [4.69, 9.17) is 4.74 Å². The summed E-state index contributed by atoms with van der Waals surface area (Å²) < 4.78 is 5.09. The van der Waals surface area contributed by atoms with Crippen LogP contribution in [-0.2, 0) is 9.53 Å². The maximum Gasteiger partial charge on any atom is 0.302 e. The summed E-state index contributed by atoms with van der Waals surface area (Å²) in [6, 6.07) is 0. The van der Waals surface area contributed by atoms with Gasteiger partial charge in [-0.1, -0.05) is 64.7 Å². The maximum atomic E-state index is 10.7. The van der Waals surface area contributed by atoms with E-state index in [2.05, 4.69) is 6.92 Å². The predicted molar refractivity (Wildman–Crippen MR) is 77.7 cm³/mol. The average Bonchev–Trinajstić information content (AvgIpc) is 2.30. The molecule has 2 heteroatoms. The van der Waals surface area contributed by atoms with Gasteiger partial charge < -0.3 is 4.74 Å². The fourth-order valence-corrected chi connectivity index (χ4v) is 2.26. The first-order valence-electron chi connectivity index (χ1n) is 7.84. The van der Waals surface area contributed by atoms with Crippen molar-refractivity contribution in [3.8, 4) is 0 Å². The predicted octanol–water partition coefficient (Wildman–Crippen LogP) is 5.25. The quantitative estimate of drug-likeness (QED) is 0.352. The fraction of sp³-hybridized carbons (Fsp3) is 0.938. The first kappa shape index (κ1) is 17.5. The Balaban J connectivity index is 3.09. The fourth-order valence-electron chi connectivity index (χ4n) is 2.26. The van der Waals surface area contributed by atoms with Gasteiger partial charge in [-0.2, -0.15) is 0 Å². The minimum atomic E-state index is -0.158. The van der Waals surface area contributed by atoms with Crippen molar-refractivity contribution >= 4 is 5.97 Å². The van der Waals surface area contributed by atoms with Gasteiger partial charge in [0.15, 0.2) is 0 Å². The van der Waals surface area contributed by atoms with E-state index in [0.29, 0.717) is 0 Å². The van der Waals surface area contributed by atoms with Crippen LogP contribution in [0.25, 0.3) is 0 Å². The molecule has 0 aromatic carbocycles. The molecule has 0 bridgehead atoms. The SMILES string of the molecule is CCCCCCCCCCCC[C@H](C)OC(C)=O.